The summed E-state index contributed by atoms with van der Waals surface area (Å²) in [5, 5.41) is 10.9. The van der Waals surface area contributed by atoms with Crippen LogP contribution in [0.5, 0.6) is 0 Å². The number of carbonyl (C=O) groups is 2. The molecule has 0 aliphatic rings. The van der Waals surface area contributed by atoms with E-state index >= 15 is 0 Å². The van der Waals surface area contributed by atoms with Crippen molar-refractivity contribution in [3.05, 3.63) is 22.4 Å². The third-order valence-corrected chi connectivity index (χ3v) is 1.85. The van der Waals surface area contributed by atoms with Gasteiger partial charge in [0.2, 0.25) is 0 Å². The number of hydrogen-bond donors (Lipinski definition) is 4. The first kappa shape index (κ1) is 12.0. The molecule has 16 heavy (non-hydrogen) atoms. The number of aliphatic carboxylic acids is 1. The van der Waals surface area contributed by atoms with Crippen molar-refractivity contribution in [2.75, 3.05) is 13.7 Å². The molecule has 8 nitrogen and oxygen atoms in total. The van der Waals surface area contributed by atoms with Crippen molar-refractivity contribution in [2.24, 2.45) is 0 Å². The van der Waals surface area contributed by atoms with Crippen molar-refractivity contribution in [1.29, 1.82) is 0 Å². The monoisotopic (exact) mass is 229 g/mol. The number of carboxylic acids is 1. The van der Waals surface area contributed by atoms with Gasteiger partial charge in [0.25, 0.3) is 5.91 Å². The molecule has 0 aliphatic carbocycles. The van der Waals surface area contributed by atoms with Crippen LogP contribution in [0.25, 0.3) is 0 Å². The average Bonchev–Trinajstić information content (AvgIpc) is 2.65. The highest BCUT2D eigenvalue weighted by Crippen LogP contribution is 1.91. The Kier molecular flexibility index (Phi) is 3.84. The maximum atomic E-state index is 11.4. The minimum Gasteiger partial charge on any atom is -0.479 e. The number of H-pyrrole nitrogens is 2. The molecule has 4 N–H and O–H groups in total. The highest BCUT2D eigenvalue weighted by Gasteiger charge is 2.18. The lowest BCUT2D eigenvalue weighted by atomic mass is 10.3. The molecular weight excluding hydrogens is 218 g/mol. The Bertz CT molecular complexity index is 435. The normalized spacial score (nSPS) is 12.1. The summed E-state index contributed by atoms with van der Waals surface area (Å²) < 4.78 is 4.61. The molecule has 0 bridgehead atoms. The second-order valence-corrected chi connectivity index (χ2v) is 2.93. The number of aromatic nitrogens is 2. The molecule has 0 spiro atoms. The Morgan fingerprint density at radius 3 is 2.75 bits per heavy atom. The van der Waals surface area contributed by atoms with Crippen LogP contribution in [0.15, 0.2) is 11.0 Å². The number of methoxy groups -OCH3 is 1. The lowest BCUT2D eigenvalue weighted by Crippen LogP contribution is -2.38. The summed E-state index contributed by atoms with van der Waals surface area (Å²) in [4.78, 5) is 37.1. The quantitative estimate of drug-likeness (QED) is 0.490. The van der Waals surface area contributed by atoms with Gasteiger partial charge in [-0.2, -0.15) is 0 Å². The highest BCUT2D eigenvalue weighted by atomic mass is 16.5. The summed E-state index contributed by atoms with van der Waals surface area (Å²) in [5.41, 5.74) is -0.475. The maximum Gasteiger partial charge on any atom is 0.334 e. The van der Waals surface area contributed by atoms with E-state index < -0.39 is 23.7 Å². The van der Waals surface area contributed by atoms with E-state index in [1.54, 1.807) is 0 Å². The fraction of sp³-hybridized carbons (Fsp3) is 0.375. The first-order chi connectivity index (χ1) is 7.54. The van der Waals surface area contributed by atoms with E-state index in [9.17, 15) is 14.4 Å². The van der Waals surface area contributed by atoms with Crippen LogP contribution in [-0.2, 0) is 9.53 Å². The molecule has 0 aliphatic heterocycles. The van der Waals surface area contributed by atoms with Gasteiger partial charge in [-0.1, -0.05) is 0 Å². The fourth-order valence-corrected chi connectivity index (χ4v) is 1.01. The highest BCUT2D eigenvalue weighted by molar-refractivity contribution is 5.92. The predicted molar refractivity (Wildman–Crippen MR) is 52.2 cm³/mol. The van der Waals surface area contributed by atoms with Crippen LogP contribution >= 0.6 is 0 Å². The largest absolute Gasteiger partial charge is 0.479 e. The summed E-state index contributed by atoms with van der Waals surface area (Å²) >= 11 is 0. The molecule has 1 unspecified atom stereocenters. The van der Waals surface area contributed by atoms with E-state index in [-0.39, 0.29) is 12.2 Å². The van der Waals surface area contributed by atoms with E-state index in [0.29, 0.717) is 0 Å². The summed E-state index contributed by atoms with van der Waals surface area (Å²) in [6.45, 7) is -0.183. The van der Waals surface area contributed by atoms with Crippen LogP contribution in [-0.4, -0.2) is 46.7 Å². The second-order valence-electron chi connectivity index (χ2n) is 2.93. The van der Waals surface area contributed by atoms with Crippen molar-refractivity contribution in [3.8, 4) is 0 Å². The zero-order valence-corrected chi connectivity index (χ0v) is 8.44. The lowest BCUT2D eigenvalue weighted by molar-refractivity contribution is -0.148. The van der Waals surface area contributed by atoms with Crippen molar-refractivity contribution in [3.63, 3.8) is 0 Å². The van der Waals surface area contributed by atoms with Crippen LogP contribution in [0.3, 0.4) is 0 Å². The summed E-state index contributed by atoms with van der Waals surface area (Å²) in [6.07, 6.45) is 0.0786. The average molecular weight is 229 g/mol. The van der Waals surface area contributed by atoms with Gasteiger partial charge < -0.3 is 25.1 Å². The predicted octanol–water partition coefficient (Wildman–Crippen LogP) is -1.47. The molecule has 8 heteroatoms. The summed E-state index contributed by atoms with van der Waals surface area (Å²) in [6, 6.07) is 0. The number of carboxylic acid groups (broad SMARTS) is 1. The van der Waals surface area contributed by atoms with Crippen molar-refractivity contribution >= 4 is 11.9 Å². The van der Waals surface area contributed by atoms with Gasteiger partial charge in [-0.15, -0.1) is 0 Å². The standard InChI is InChI=1S/C8H11N3O5/c1-16-5(7(13)14)3-9-6(12)4-2-10-8(15)11-4/h2,5H,3H2,1H3,(H,9,12)(H,13,14)(H2,10,11,15). The Balaban J connectivity index is 2.53. The van der Waals surface area contributed by atoms with Gasteiger partial charge in [0.05, 0.1) is 6.54 Å². The third kappa shape index (κ3) is 2.95. The number of amides is 1. The molecule has 1 atom stereocenters. The molecule has 1 rings (SSSR count). The van der Waals surface area contributed by atoms with Crippen LogP contribution in [0, 0.1) is 0 Å². The van der Waals surface area contributed by atoms with Gasteiger partial charge in [-0.25, -0.2) is 9.59 Å². The molecular formula is C8H11N3O5. The van der Waals surface area contributed by atoms with Gasteiger partial charge >= 0.3 is 11.7 Å². The number of rotatable bonds is 5. The van der Waals surface area contributed by atoms with Crippen molar-refractivity contribution in [1.82, 2.24) is 15.3 Å². The van der Waals surface area contributed by atoms with E-state index in [2.05, 4.69) is 20.0 Å². The molecule has 1 aromatic rings. The van der Waals surface area contributed by atoms with Crippen LogP contribution in [0.2, 0.25) is 0 Å². The van der Waals surface area contributed by atoms with E-state index in [1.165, 1.54) is 13.3 Å². The Hall–Kier alpha value is -2.09. The Morgan fingerprint density at radius 2 is 2.31 bits per heavy atom. The number of ether oxygens (including phenoxy) is 1. The number of hydrogen-bond acceptors (Lipinski definition) is 4. The van der Waals surface area contributed by atoms with Crippen LogP contribution in [0.4, 0.5) is 0 Å². The summed E-state index contributed by atoms with van der Waals surface area (Å²) in [7, 11) is 1.23. The molecule has 0 saturated carbocycles. The van der Waals surface area contributed by atoms with Gasteiger partial charge in [0, 0.05) is 13.3 Å². The summed E-state index contributed by atoms with van der Waals surface area (Å²) in [5.74, 6) is -1.76. The van der Waals surface area contributed by atoms with E-state index in [0.717, 1.165) is 0 Å². The molecule has 1 heterocycles. The second kappa shape index (κ2) is 5.12. The zero-order chi connectivity index (χ0) is 12.1. The molecule has 1 amide bonds. The number of aromatic amines is 2. The molecule has 0 radical (unpaired) electrons. The van der Waals surface area contributed by atoms with Gasteiger partial charge in [-0.3, -0.25) is 4.79 Å². The van der Waals surface area contributed by atoms with Crippen LogP contribution < -0.4 is 11.0 Å². The number of nitrogens with one attached hydrogen (secondary N) is 3. The molecule has 0 saturated heterocycles. The van der Waals surface area contributed by atoms with E-state index in [4.69, 9.17) is 5.11 Å². The molecule has 0 aromatic carbocycles. The first-order valence-electron chi connectivity index (χ1n) is 4.36. The lowest BCUT2D eigenvalue weighted by Gasteiger charge is -2.10. The van der Waals surface area contributed by atoms with Crippen LogP contribution in [0.1, 0.15) is 10.5 Å². The number of imidazole rings is 1. The Labute approximate surface area is 89.6 Å². The number of carbonyl (C=O) groups excluding carboxylic acids is 1. The smallest absolute Gasteiger partial charge is 0.334 e. The molecule has 88 valence electrons. The van der Waals surface area contributed by atoms with Gasteiger partial charge in [-0.05, 0) is 0 Å². The SMILES string of the molecule is COC(CNC(=O)c1c[nH]c(=O)[nH]1)C(=O)O. The van der Waals surface area contributed by atoms with E-state index in [1.807, 2.05) is 0 Å². The molecule has 0 fully saturated rings. The van der Waals surface area contributed by atoms with Gasteiger partial charge in [0.15, 0.2) is 6.10 Å². The Morgan fingerprint density at radius 1 is 1.62 bits per heavy atom. The topological polar surface area (TPSA) is 124 Å². The van der Waals surface area contributed by atoms with Crippen molar-refractivity contribution in [2.45, 2.75) is 6.10 Å². The van der Waals surface area contributed by atoms with Crippen molar-refractivity contribution < 1.29 is 19.4 Å². The minimum absolute atomic E-state index is 0.0326. The minimum atomic E-state index is -1.18. The third-order valence-electron chi connectivity index (χ3n) is 1.85. The van der Waals surface area contributed by atoms with Gasteiger partial charge in [0.1, 0.15) is 5.69 Å². The molecule has 1 aromatic heterocycles. The fourth-order valence-electron chi connectivity index (χ4n) is 1.01. The zero-order valence-electron chi connectivity index (χ0n) is 8.44. The maximum absolute atomic E-state index is 11.4. The first-order valence-corrected chi connectivity index (χ1v) is 4.36.